The number of pyridine rings is 1. The van der Waals surface area contributed by atoms with Crippen molar-refractivity contribution in [3.63, 3.8) is 0 Å². The summed E-state index contributed by atoms with van der Waals surface area (Å²) in [4.78, 5) is 14.8. The Morgan fingerprint density at radius 2 is 2.30 bits per heavy atom. The number of nitrogens with zero attached hydrogens (tertiary/aromatic N) is 2. The van der Waals surface area contributed by atoms with Gasteiger partial charge in [0.05, 0.1) is 10.9 Å². The maximum atomic E-state index is 12.2. The molecule has 1 unspecified atom stereocenters. The Hall–Kier alpha value is -1.38. The molecule has 1 aromatic heterocycles. The molecule has 0 aromatic carbocycles. The first kappa shape index (κ1) is 15.0. The van der Waals surface area contributed by atoms with Gasteiger partial charge in [-0.3, -0.25) is 9.52 Å². The van der Waals surface area contributed by atoms with E-state index in [1.165, 1.54) is 12.3 Å². The Morgan fingerprint density at radius 3 is 2.95 bits per heavy atom. The van der Waals surface area contributed by atoms with Crippen LogP contribution in [0.2, 0.25) is 5.02 Å². The van der Waals surface area contributed by atoms with Gasteiger partial charge in [-0.1, -0.05) is 11.6 Å². The van der Waals surface area contributed by atoms with Crippen LogP contribution in [0.25, 0.3) is 0 Å². The highest BCUT2D eigenvalue weighted by Crippen LogP contribution is 2.23. The summed E-state index contributed by atoms with van der Waals surface area (Å²) in [6.45, 7) is 0.235. The van der Waals surface area contributed by atoms with E-state index in [9.17, 15) is 13.2 Å². The third-order valence-electron chi connectivity index (χ3n) is 3.06. The van der Waals surface area contributed by atoms with Crippen molar-refractivity contribution in [1.29, 1.82) is 0 Å². The topological polar surface area (TPSA) is 99.6 Å². The van der Waals surface area contributed by atoms with E-state index in [1.807, 2.05) is 0 Å². The molecule has 1 aromatic rings. The van der Waals surface area contributed by atoms with E-state index in [0.29, 0.717) is 12.8 Å². The highest BCUT2D eigenvalue weighted by Gasteiger charge is 2.32. The van der Waals surface area contributed by atoms with Gasteiger partial charge in [-0.2, -0.15) is 12.7 Å². The molecule has 9 heteroatoms. The van der Waals surface area contributed by atoms with Gasteiger partial charge >= 0.3 is 16.2 Å². The molecular weight excluding hydrogens is 306 g/mol. The van der Waals surface area contributed by atoms with Gasteiger partial charge in [0.15, 0.2) is 5.82 Å². The van der Waals surface area contributed by atoms with Crippen LogP contribution >= 0.6 is 11.6 Å². The second kappa shape index (κ2) is 5.94. The van der Waals surface area contributed by atoms with Crippen molar-refractivity contribution < 1.29 is 18.3 Å². The summed E-state index contributed by atoms with van der Waals surface area (Å²) in [5, 5.41) is 9.16. The van der Waals surface area contributed by atoms with Crippen LogP contribution in [-0.2, 0) is 15.0 Å². The van der Waals surface area contributed by atoms with Crippen molar-refractivity contribution in [1.82, 2.24) is 9.29 Å². The van der Waals surface area contributed by atoms with Crippen LogP contribution in [0.1, 0.15) is 12.8 Å². The van der Waals surface area contributed by atoms with E-state index in [0.717, 1.165) is 4.31 Å². The molecule has 0 spiro atoms. The lowest BCUT2D eigenvalue weighted by molar-refractivity contribution is -0.142. The quantitative estimate of drug-likeness (QED) is 0.868. The smallest absolute Gasteiger partial charge is 0.307 e. The lowest BCUT2D eigenvalue weighted by Crippen LogP contribution is -2.44. The number of aliphatic carboxylic acids is 1. The summed E-state index contributed by atoms with van der Waals surface area (Å²) in [6.07, 6.45) is 2.40. The first-order chi connectivity index (χ1) is 9.40. The molecule has 1 atom stereocenters. The van der Waals surface area contributed by atoms with Crippen molar-refractivity contribution in [2.45, 2.75) is 12.8 Å². The lowest BCUT2D eigenvalue weighted by Gasteiger charge is -2.29. The summed E-state index contributed by atoms with van der Waals surface area (Å²) >= 11 is 5.85. The Morgan fingerprint density at radius 1 is 1.55 bits per heavy atom. The fourth-order valence-corrected chi connectivity index (χ4v) is 3.52. The second-order valence-electron chi connectivity index (χ2n) is 4.48. The largest absolute Gasteiger partial charge is 0.481 e. The van der Waals surface area contributed by atoms with Gasteiger partial charge in [0.25, 0.3) is 0 Å². The third kappa shape index (κ3) is 3.38. The Labute approximate surface area is 121 Å². The Balaban J connectivity index is 2.14. The fraction of sp³-hybridized carbons (Fsp3) is 0.455. The molecular formula is C11H14ClN3O4S. The van der Waals surface area contributed by atoms with E-state index in [-0.39, 0.29) is 23.9 Å². The Bertz CT molecular complexity index is 607. The zero-order chi connectivity index (χ0) is 14.8. The molecule has 0 amide bonds. The number of rotatable bonds is 4. The highest BCUT2D eigenvalue weighted by molar-refractivity contribution is 7.90. The van der Waals surface area contributed by atoms with Gasteiger partial charge in [-0.05, 0) is 25.0 Å². The second-order valence-corrected chi connectivity index (χ2v) is 6.55. The number of carboxylic acids is 1. The molecule has 110 valence electrons. The molecule has 2 rings (SSSR count). The van der Waals surface area contributed by atoms with Crippen molar-refractivity contribution >= 4 is 33.6 Å². The predicted octanol–water partition coefficient (Wildman–Crippen LogP) is 1.19. The molecule has 0 bridgehead atoms. The van der Waals surface area contributed by atoms with E-state index in [4.69, 9.17) is 16.7 Å². The molecule has 2 heterocycles. The molecule has 7 nitrogen and oxygen atoms in total. The number of nitrogens with one attached hydrogen (secondary N) is 1. The number of carboxylic acid groups (broad SMARTS) is 1. The monoisotopic (exact) mass is 319 g/mol. The molecule has 1 saturated heterocycles. The first-order valence-electron chi connectivity index (χ1n) is 6.01. The van der Waals surface area contributed by atoms with E-state index < -0.39 is 22.1 Å². The normalized spacial score (nSPS) is 20.6. The SMILES string of the molecule is O=C(O)C1CCCN(S(=O)(=O)Nc2ncccc2Cl)C1. The molecule has 2 N–H and O–H groups in total. The van der Waals surface area contributed by atoms with E-state index in [1.54, 1.807) is 6.07 Å². The molecule has 0 saturated carbocycles. The average Bonchev–Trinajstić information content (AvgIpc) is 2.41. The number of halogens is 1. The molecule has 0 radical (unpaired) electrons. The number of hydrogen-bond donors (Lipinski definition) is 2. The van der Waals surface area contributed by atoms with Crippen LogP contribution in [0.5, 0.6) is 0 Å². The molecule has 1 fully saturated rings. The summed E-state index contributed by atoms with van der Waals surface area (Å²) in [6, 6.07) is 3.10. The third-order valence-corrected chi connectivity index (χ3v) is 4.83. The highest BCUT2D eigenvalue weighted by atomic mass is 35.5. The van der Waals surface area contributed by atoms with Crippen LogP contribution in [0, 0.1) is 5.92 Å². The van der Waals surface area contributed by atoms with Gasteiger partial charge in [0.2, 0.25) is 0 Å². The summed E-state index contributed by atoms with van der Waals surface area (Å²) in [7, 11) is -3.85. The van der Waals surface area contributed by atoms with E-state index >= 15 is 0 Å². The summed E-state index contributed by atoms with van der Waals surface area (Å²) < 4.78 is 27.8. The van der Waals surface area contributed by atoms with Crippen LogP contribution in [0.4, 0.5) is 5.82 Å². The first-order valence-corrected chi connectivity index (χ1v) is 7.83. The van der Waals surface area contributed by atoms with Crippen molar-refractivity contribution in [3.05, 3.63) is 23.4 Å². The predicted molar refractivity (Wildman–Crippen MR) is 73.7 cm³/mol. The zero-order valence-electron chi connectivity index (χ0n) is 10.5. The van der Waals surface area contributed by atoms with Gasteiger partial charge in [0, 0.05) is 19.3 Å². The minimum atomic E-state index is -3.85. The Kier molecular flexibility index (Phi) is 4.46. The molecule has 1 aliphatic rings. The number of piperidine rings is 1. The van der Waals surface area contributed by atoms with Gasteiger partial charge in [-0.15, -0.1) is 0 Å². The minimum Gasteiger partial charge on any atom is -0.481 e. The van der Waals surface area contributed by atoms with Gasteiger partial charge in [-0.25, -0.2) is 4.98 Å². The van der Waals surface area contributed by atoms with Crippen LogP contribution in [0.15, 0.2) is 18.3 Å². The molecule has 1 aliphatic heterocycles. The number of hydrogen-bond acceptors (Lipinski definition) is 4. The fourth-order valence-electron chi connectivity index (χ4n) is 2.01. The van der Waals surface area contributed by atoms with Gasteiger partial charge in [0.1, 0.15) is 0 Å². The maximum absolute atomic E-state index is 12.2. The van der Waals surface area contributed by atoms with Crippen molar-refractivity contribution in [3.8, 4) is 0 Å². The van der Waals surface area contributed by atoms with Crippen LogP contribution < -0.4 is 4.72 Å². The van der Waals surface area contributed by atoms with Crippen molar-refractivity contribution in [2.24, 2.45) is 5.92 Å². The number of anilines is 1. The maximum Gasteiger partial charge on any atom is 0.307 e. The minimum absolute atomic E-state index is 0.0339. The number of aromatic nitrogens is 1. The standard InChI is InChI=1S/C11H14ClN3O4S/c12-9-4-1-5-13-10(9)14-20(18,19)15-6-2-3-8(7-15)11(16)17/h1,4-5,8H,2-3,6-7H2,(H,13,14)(H,16,17). The summed E-state index contributed by atoms with van der Waals surface area (Å²) in [5.41, 5.74) is 0. The summed E-state index contributed by atoms with van der Waals surface area (Å²) in [5.74, 6) is -1.63. The van der Waals surface area contributed by atoms with E-state index in [2.05, 4.69) is 9.71 Å². The van der Waals surface area contributed by atoms with Crippen LogP contribution in [-0.4, -0.2) is 41.9 Å². The molecule has 0 aliphatic carbocycles. The lowest BCUT2D eigenvalue weighted by atomic mass is 10.0. The van der Waals surface area contributed by atoms with Crippen LogP contribution in [0.3, 0.4) is 0 Å². The van der Waals surface area contributed by atoms with Crippen molar-refractivity contribution in [2.75, 3.05) is 17.8 Å². The van der Waals surface area contributed by atoms with Gasteiger partial charge < -0.3 is 5.11 Å². The molecule has 20 heavy (non-hydrogen) atoms. The average molecular weight is 320 g/mol. The number of carbonyl (C=O) groups is 1. The zero-order valence-corrected chi connectivity index (χ0v) is 12.1.